The summed E-state index contributed by atoms with van der Waals surface area (Å²) in [5.41, 5.74) is 2.16. The van der Waals surface area contributed by atoms with Crippen LogP contribution in [0.25, 0.3) is 10.8 Å². The monoisotopic (exact) mass is 306 g/mol. The lowest BCUT2D eigenvalue weighted by atomic mass is 10.1. The molecule has 23 heavy (non-hydrogen) atoms. The molecule has 0 fully saturated rings. The van der Waals surface area contributed by atoms with E-state index in [4.69, 9.17) is 4.74 Å². The van der Waals surface area contributed by atoms with Gasteiger partial charge in [0.15, 0.2) is 0 Å². The fourth-order valence-corrected chi connectivity index (χ4v) is 2.47. The van der Waals surface area contributed by atoms with Crippen molar-refractivity contribution in [3.63, 3.8) is 0 Å². The van der Waals surface area contributed by atoms with Crippen LogP contribution in [0, 0.1) is 0 Å². The third-order valence-electron chi connectivity index (χ3n) is 3.68. The third-order valence-corrected chi connectivity index (χ3v) is 3.68. The summed E-state index contributed by atoms with van der Waals surface area (Å²) in [5, 5.41) is 2.16. The molecule has 0 atom stereocenters. The molecule has 0 aliphatic heterocycles. The van der Waals surface area contributed by atoms with Gasteiger partial charge < -0.3 is 4.74 Å². The molecule has 0 aliphatic rings. The second kappa shape index (κ2) is 7.49. The second-order valence-electron chi connectivity index (χ2n) is 5.41. The van der Waals surface area contributed by atoms with Gasteiger partial charge in [-0.15, -0.1) is 0 Å². The number of carbonyl (C=O) groups is 1. The molecule has 0 aliphatic carbocycles. The van der Waals surface area contributed by atoms with Crippen LogP contribution < -0.4 is 0 Å². The van der Waals surface area contributed by atoms with Crippen molar-refractivity contribution < 1.29 is 9.53 Å². The largest absolute Gasteiger partial charge is 0.465 e. The van der Waals surface area contributed by atoms with Crippen LogP contribution in [0.3, 0.4) is 0 Å². The zero-order valence-electron chi connectivity index (χ0n) is 12.8. The smallest absolute Gasteiger partial charge is 0.310 e. The number of hydrogen-bond donors (Lipinski definition) is 0. The van der Waals surface area contributed by atoms with Crippen molar-refractivity contribution in [2.75, 3.05) is 6.61 Å². The molecule has 0 spiro atoms. The Balaban J connectivity index is 1.46. The fraction of sp³-hybridized carbons (Fsp3) is 0.211. The number of aryl methyl sites for hydroxylation is 1. The Morgan fingerprint density at radius 3 is 2.61 bits per heavy atom. The first-order valence-corrected chi connectivity index (χ1v) is 7.68. The number of nitrogens with zero attached hydrogens (tertiary/aromatic N) is 2. The highest BCUT2D eigenvalue weighted by Crippen LogP contribution is 2.15. The summed E-state index contributed by atoms with van der Waals surface area (Å²) in [6.07, 6.45) is 9.11. The Hall–Kier alpha value is -2.75. The maximum Gasteiger partial charge on any atom is 0.310 e. The topological polar surface area (TPSA) is 52.1 Å². The van der Waals surface area contributed by atoms with Crippen molar-refractivity contribution in [1.82, 2.24) is 9.97 Å². The summed E-state index contributed by atoms with van der Waals surface area (Å²) in [6.45, 7) is 0.441. The van der Waals surface area contributed by atoms with E-state index in [0.717, 1.165) is 29.2 Å². The summed E-state index contributed by atoms with van der Waals surface area (Å²) in [4.78, 5) is 20.0. The number of rotatable bonds is 6. The maximum atomic E-state index is 11.9. The number of fused-ring (bicyclic) bond motifs is 1. The highest BCUT2D eigenvalue weighted by Gasteiger charge is 2.06. The van der Waals surface area contributed by atoms with Gasteiger partial charge in [-0.25, -0.2) is 0 Å². The molecule has 0 saturated carbocycles. The van der Waals surface area contributed by atoms with Crippen LogP contribution >= 0.6 is 0 Å². The lowest BCUT2D eigenvalue weighted by molar-refractivity contribution is -0.142. The Labute approximate surface area is 135 Å². The van der Waals surface area contributed by atoms with Gasteiger partial charge in [0.1, 0.15) is 0 Å². The molecule has 0 bridgehead atoms. The number of ether oxygens (including phenoxy) is 1. The standard InChI is InChI=1S/C19H18N2O2/c22-19(23-11-1-2-15-5-8-20-9-6-15)13-16-3-4-17-7-10-21-14-18(17)12-16/h3-10,12,14H,1-2,11,13H2. The van der Waals surface area contributed by atoms with Crippen LogP contribution in [0.4, 0.5) is 0 Å². The van der Waals surface area contributed by atoms with E-state index in [9.17, 15) is 4.79 Å². The molecule has 1 aromatic carbocycles. The maximum absolute atomic E-state index is 11.9. The second-order valence-corrected chi connectivity index (χ2v) is 5.41. The predicted molar refractivity (Wildman–Crippen MR) is 89.0 cm³/mol. The van der Waals surface area contributed by atoms with Crippen LogP contribution in [-0.4, -0.2) is 22.5 Å². The normalized spacial score (nSPS) is 10.6. The van der Waals surface area contributed by atoms with Crippen molar-refractivity contribution >= 4 is 16.7 Å². The Morgan fingerprint density at radius 2 is 1.74 bits per heavy atom. The van der Waals surface area contributed by atoms with Crippen LogP contribution in [0.2, 0.25) is 0 Å². The van der Waals surface area contributed by atoms with Crippen LogP contribution in [0.1, 0.15) is 17.5 Å². The SMILES string of the molecule is O=C(Cc1ccc2ccncc2c1)OCCCc1ccncc1. The molecule has 0 N–H and O–H groups in total. The minimum Gasteiger partial charge on any atom is -0.465 e. The molecule has 3 rings (SSSR count). The first kappa shape index (κ1) is 15.2. The molecule has 0 unspecified atom stereocenters. The third kappa shape index (κ3) is 4.36. The quantitative estimate of drug-likeness (QED) is 0.517. The molecular formula is C19H18N2O2. The van der Waals surface area contributed by atoms with E-state index in [1.165, 1.54) is 5.56 Å². The molecule has 2 heterocycles. The van der Waals surface area contributed by atoms with Gasteiger partial charge in [-0.3, -0.25) is 14.8 Å². The number of pyridine rings is 2. The van der Waals surface area contributed by atoms with Gasteiger partial charge in [-0.1, -0.05) is 12.1 Å². The van der Waals surface area contributed by atoms with E-state index >= 15 is 0 Å². The van der Waals surface area contributed by atoms with Crippen LogP contribution in [0.5, 0.6) is 0 Å². The number of esters is 1. The van der Waals surface area contributed by atoms with Crippen LogP contribution in [-0.2, 0) is 22.4 Å². The lowest BCUT2D eigenvalue weighted by Gasteiger charge is -2.06. The lowest BCUT2D eigenvalue weighted by Crippen LogP contribution is -2.09. The summed E-state index contributed by atoms with van der Waals surface area (Å²) in [7, 11) is 0. The number of aromatic nitrogens is 2. The average Bonchev–Trinajstić information content (AvgIpc) is 2.59. The summed E-state index contributed by atoms with van der Waals surface area (Å²) in [6, 6.07) is 11.9. The Kier molecular flexibility index (Phi) is 4.94. The summed E-state index contributed by atoms with van der Waals surface area (Å²) in [5.74, 6) is -0.192. The zero-order chi connectivity index (χ0) is 15.9. The molecular weight excluding hydrogens is 288 g/mol. The van der Waals surface area contributed by atoms with E-state index in [-0.39, 0.29) is 5.97 Å². The van der Waals surface area contributed by atoms with E-state index in [1.807, 2.05) is 36.4 Å². The minimum absolute atomic E-state index is 0.192. The summed E-state index contributed by atoms with van der Waals surface area (Å²) >= 11 is 0. The fourth-order valence-electron chi connectivity index (χ4n) is 2.47. The first-order chi connectivity index (χ1) is 11.3. The van der Waals surface area contributed by atoms with Crippen molar-refractivity contribution in [2.24, 2.45) is 0 Å². The van der Waals surface area contributed by atoms with E-state index in [1.54, 1.807) is 24.8 Å². The molecule has 4 nitrogen and oxygen atoms in total. The van der Waals surface area contributed by atoms with E-state index in [2.05, 4.69) is 9.97 Å². The molecule has 3 aromatic rings. The molecule has 0 saturated heterocycles. The van der Waals surface area contributed by atoms with Gasteiger partial charge in [0.05, 0.1) is 13.0 Å². The average molecular weight is 306 g/mol. The Morgan fingerprint density at radius 1 is 0.913 bits per heavy atom. The highest BCUT2D eigenvalue weighted by atomic mass is 16.5. The van der Waals surface area contributed by atoms with Crippen molar-refractivity contribution in [2.45, 2.75) is 19.3 Å². The number of hydrogen-bond acceptors (Lipinski definition) is 4. The van der Waals surface area contributed by atoms with E-state index in [0.29, 0.717) is 13.0 Å². The highest BCUT2D eigenvalue weighted by molar-refractivity contribution is 5.83. The van der Waals surface area contributed by atoms with Gasteiger partial charge >= 0.3 is 5.97 Å². The zero-order valence-corrected chi connectivity index (χ0v) is 12.8. The van der Waals surface area contributed by atoms with Gasteiger partial charge in [-0.05, 0) is 53.6 Å². The van der Waals surface area contributed by atoms with Gasteiger partial charge in [-0.2, -0.15) is 0 Å². The summed E-state index contributed by atoms with van der Waals surface area (Å²) < 4.78 is 5.31. The van der Waals surface area contributed by atoms with Crippen LogP contribution in [0.15, 0.2) is 61.2 Å². The minimum atomic E-state index is -0.192. The molecule has 4 heteroatoms. The van der Waals surface area contributed by atoms with E-state index < -0.39 is 0 Å². The van der Waals surface area contributed by atoms with Gasteiger partial charge in [0.2, 0.25) is 0 Å². The van der Waals surface area contributed by atoms with Crippen molar-refractivity contribution in [1.29, 1.82) is 0 Å². The van der Waals surface area contributed by atoms with Crippen molar-refractivity contribution in [3.05, 3.63) is 72.3 Å². The predicted octanol–water partition coefficient (Wildman–Crippen LogP) is 3.35. The van der Waals surface area contributed by atoms with Gasteiger partial charge in [0.25, 0.3) is 0 Å². The number of benzene rings is 1. The molecule has 0 amide bonds. The molecule has 2 aromatic heterocycles. The molecule has 0 radical (unpaired) electrons. The Bertz CT molecular complexity index is 787. The van der Waals surface area contributed by atoms with Crippen molar-refractivity contribution in [3.8, 4) is 0 Å². The first-order valence-electron chi connectivity index (χ1n) is 7.68. The number of carbonyl (C=O) groups excluding carboxylic acids is 1. The van der Waals surface area contributed by atoms with Gasteiger partial charge in [0, 0.05) is 30.2 Å². The molecule has 116 valence electrons.